The van der Waals surface area contributed by atoms with Crippen LogP contribution in [-0.2, 0) is 9.63 Å². The Labute approximate surface area is 90.9 Å². The molecule has 0 aliphatic carbocycles. The number of nitrogens with zero attached hydrogens (tertiary/aromatic N) is 2. The van der Waals surface area contributed by atoms with Crippen LogP contribution in [0.15, 0.2) is 10.5 Å². The number of hydrogen-bond donors (Lipinski definition) is 2. The average molecular weight is 228 g/mol. The van der Waals surface area contributed by atoms with Crippen molar-refractivity contribution in [3.05, 3.63) is 11.1 Å². The molecule has 82 valence electrons. The van der Waals surface area contributed by atoms with Gasteiger partial charge in [0.05, 0.1) is 0 Å². The molecule has 0 spiro atoms. The molecule has 6 nitrogen and oxygen atoms in total. The number of anilines is 1. The predicted molar refractivity (Wildman–Crippen MR) is 58.5 cm³/mol. The van der Waals surface area contributed by atoms with Gasteiger partial charge < -0.3 is 16.3 Å². The minimum atomic E-state index is -0.694. The lowest BCUT2D eigenvalue weighted by Gasteiger charge is -2.03. The Bertz CT molecular complexity index is 386. The van der Waals surface area contributed by atoms with Gasteiger partial charge in [-0.25, -0.2) is 4.98 Å². The van der Waals surface area contributed by atoms with Crippen molar-refractivity contribution in [1.29, 1.82) is 0 Å². The molecule has 7 heteroatoms. The van der Waals surface area contributed by atoms with Gasteiger partial charge in [0.2, 0.25) is 0 Å². The zero-order valence-corrected chi connectivity index (χ0v) is 9.25. The molecule has 1 rings (SSSR count). The van der Waals surface area contributed by atoms with Crippen LogP contribution in [0.25, 0.3) is 0 Å². The SMILES string of the molecule is CC(C)O/N=C(\C(N)=O)c1csc(N)n1. The quantitative estimate of drug-likeness (QED) is 0.572. The lowest BCUT2D eigenvalue weighted by molar-refractivity contribution is -0.112. The Kier molecular flexibility index (Phi) is 3.62. The Morgan fingerprint density at radius 3 is 2.73 bits per heavy atom. The Morgan fingerprint density at radius 2 is 2.33 bits per heavy atom. The number of hydrogen-bond acceptors (Lipinski definition) is 6. The number of oxime groups is 1. The molecule has 0 bridgehead atoms. The van der Waals surface area contributed by atoms with Crippen LogP contribution < -0.4 is 11.5 Å². The van der Waals surface area contributed by atoms with Crippen molar-refractivity contribution in [2.75, 3.05) is 5.73 Å². The van der Waals surface area contributed by atoms with E-state index in [-0.39, 0.29) is 11.8 Å². The van der Waals surface area contributed by atoms with Crippen molar-refractivity contribution < 1.29 is 9.63 Å². The summed E-state index contributed by atoms with van der Waals surface area (Å²) < 4.78 is 0. The first kappa shape index (κ1) is 11.4. The van der Waals surface area contributed by atoms with Gasteiger partial charge in [0.15, 0.2) is 10.8 Å². The summed E-state index contributed by atoms with van der Waals surface area (Å²) >= 11 is 1.21. The molecule has 0 aromatic carbocycles. The predicted octanol–water partition coefficient (Wildman–Crippen LogP) is 0.340. The summed E-state index contributed by atoms with van der Waals surface area (Å²) in [5.74, 6) is -0.694. The van der Waals surface area contributed by atoms with E-state index in [0.29, 0.717) is 10.8 Å². The van der Waals surface area contributed by atoms with Crippen LogP contribution in [0.3, 0.4) is 0 Å². The Morgan fingerprint density at radius 1 is 1.67 bits per heavy atom. The summed E-state index contributed by atoms with van der Waals surface area (Å²) in [5.41, 5.74) is 10.9. The molecule has 1 aromatic rings. The van der Waals surface area contributed by atoms with Gasteiger partial charge in [-0.3, -0.25) is 4.79 Å². The summed E-state index contributed by atoms with van der Waals surface area (Å²) in [6.07, 6.45) is -0.129. The maximum Gasteiger partial charge on any atom is 0.273 e. The molecule has 0 aliphatic heterocycles. The van der Waals surface area contributed by atoms with E-state index in [0.717, 1.165) is 0 Å². The second kappa shape index (κ2) is 4.74. The number of carbonyl (C=O) groups is 1. The number of amides is 1. The fourth-order valence-corrected chi connectivity index (χ4v) is 1.32. The van der Waals surface area contributed by atoms with Crippen LogP contribution in [-0.4, -0.2) is 22.7 Å². The second-order valence-corrected chi connectivity index (χ2v) is 3.92. The van der Waals surface area contributed by atoms with Gasteiger partial charge in [0.25, 0.3) is 5.91 Å². The highest BCUT2D eigenvalue weighted by atomic mass is 32.1. The zero-order chi connectivity index (χ0) is 11.4. The maximum atomic E-state index is 11.1. The molecule has 0 saturated carbocycles. The largest absolute Gasteiger partial charge is 0.392 e. The highest BCUT2D eigenvalue weighted by Crippen LogP contribution is 2.12. The minimum Gasteiger partial charge on any atom is -0.392 e. The van der Waals surface area contributed by atoms with Crippen LogP contribution in [0.1, 0.15) is 19.5 Å². The van der Waals surface area contributed by atoms with E-state index in [2.05, 4.69) is 10.1 Å². The van der Waals surface area contributed by atoms with E-state index in [1.54, 1.807) is 19.2 Å². The third-order valence-electron chi connectivity index (χ3n) is 1.35. The van der Waals surface area contributed by atoms with Crippen molar-refractivity contribution in [2.45, 2.75) is 20.0 Å². The van der Waals surface area contributed by atoms with Crippen LogP contribution in [0.5, 0.6) is 0 Å². The smallest absolute Gasteiger partial charge is 0.273 e. The molecule has 4 N–H and O–H groups in total. The van der Waals surface area contributed by atoms with Crippen molar-refractivity contribution in [1.82, 2.24) is 4.98 Å². The number of nitrogens with two attached hydrogens (primary N) is 2. The highest BCUT2D eigenvalue weighted by molar-refractivity contribution is 7.13. The molecular formula is C8H12N4O2S. The number of rotatable bonds is 4. The molecule has 1 heterocycles. The lowest BCUT2D eigenvalue weighted by Crippen LogP contribution is -2.25. The zero-order valence-electron chi connectivity index (χ0n) is 8.43. The third kappa shape index (κ3) is 3.21. The number of primary amides is 1. The molecule has 1 amide bonds. The van der Waals surface area contributed by atoms with Crippen molar-refractivity contribution in [2.24, 2.45) is 10.9 Å². The first-order valence-electron chi connectivity index (χ1n) is 4.25. The van der Waals surface area contributed by atoms with Gasteiger partial charge in [-0.15, -0.1) is 11.3 Å². The lowest BCUT2D eigenvalue weighted by atomic mass is 10.3. The van der Waals surface area contributed by atoms with E-state index < -0.39 is 5.91 Å². The summed E-state index contributed by atoms with van der Waals surface area (Å²) in [6, 6.07) is 0. The summed E-state index contributed by atoms with van der Waals surface area (Å²) in [5, 5.41) is 5.59. The highest BCUT2D eigenvalue weighted by Gasteiger charge is 2.15. The van der Waals surface area contributed by atoms with Gasteiger partial charge in [-0.2, -0.15) is 0 Å². The summed E-state index contributed by atoms with van der Waals surface area (Å²) in [6.45, 7) is 3.58. The second-order valence-electron chi connectivity index (χ2n) is 3.03. The van der Waals surface area contributed by atoms with Gasteiger partial charge in [-0.1, -0.05) is 5.16 Å². The molecule has 15 heavy (non-hydrogen) atoms. The summed E-state index contributed by atoms with van der Waals surface area (Å²) in [4.78, 5) is 19.9. The van der Waals surface area contributed by atoms with Crippen molar-refractivity contribution >= 4 is 28.1 Å². The number of carbonyl (C=O) groups excluding carboxylic acids is 1. The molecule has 0 atom stereocenters. The van der Waals surface area contributed by atoms with Gasteiger partial charge >= 0.3 is 0 Å². The first-order chi connectivity index (χ1) is 7.00. The molecule has 0 fully saturated rings. The van der Waals surface area contributed by atoms with E-state index in [9.17, 15) is 4.79 Å². The third-order valence-corrected chi connectivity index (χ3v) is 2.03. The molecular weight excluding hydrogens is 216 g/mol. The average Bonchev–Trinajstić information content (AvgIpc) is 2.51. The summed E-state index contributed by atoms with van der Waals surface area (Å²) in [7, 11) is 0. The van der Waals surface area contributed by atoms with Crippen molar-refractivity contribution in [3.8, 4) is 0 Å². The Hall–Kier alpha value is -1.63. The molecule has 0 aliphatic rings. The van der Waals surface area contributed by atoms with E-state index in [4.69, 9.17) is 16.3 Å². The number of thiazole rings is 1. The van der Waals surface area contributed by atoms with Crippen LogP contribution in [0.2, 0.25) is 0 Å². The van der Waals surface area contributed by atoms with Crippen molar-refractivity contribution in [3.63, 3.8) is 0 Å². The first-order valence-corrected chi connectivity index (χ1v) is 5.13. The van der Waals surface area contributed by atoms with E-state index in [1.165, 1.54) is 11.3 Å². The van der Waals surface area contributed by atoms with Gasteiger partial charge in [0.1, 0.15) is 11.8 Å². The fourth-order valence-electron chi connectivity index (χ4n) is 0.772. The normalized spacial score (nSPS) is 11.8. The number of nitrogen functional groups attached to an aromatic ring is 1. The monoisotopic (exact) mass is 228 g/mol. The van der Waals surface area contributed by atoms with Crippen LogP contribution in [0.4, 0.5) is 5.13 Å². The van der Waals surface area contributed by atoms with Crippen LogP contribution in [0, 0.1) is 0 Å². The molecule has 1 aromatic heterocycles. The van der Waals surface area contributed by atoms with Gasteiger partial charge in [0, 0.05) is 5.38 Å². The minimum absolute atomic E-state index is 0.0170. The van der Waals surface area contributed by atoms with Gasteiger partial charge in [-0.05, 0) is 13.8 Å². The topological polar surface area (TPSA) is 104 Å². The molecule has 0 unspecified atom stereocenters. The maximum absolute atomic E-state index is 11.1. The van der Waals surface area contributed by atoms with E-state index >= 15 is 0 Å². The van der Waals surface area contributed by atoms with E-state index in [1.807, 2.05) is 0 Å². The standard InChI is InChI=1S/C8H12N4O2S/c1-4(2)14-12-6(7(9)13)5-3-15-8(10)11-5/h3-4H,1-2H3,(H2,9,13)(H2,10,11)/b12-6-. The molecule has 0 saturated heterocycles. The molecule has 0 radical (unpaired) electrons. The Balaban J connectivity index is 2.93. The fraction of sp³-hybridized carbons (Fsp3) is 0.375. The van der Waals surface area contributed by atoms with Crippen LogP contribution >= 0.6 is 11.3 Å². The number of aromatic nitrogens is 1.